The maximum atomic E-state index is 12.2. The second kappa shape index (κ2) is 6.56. The number of nitrogens with two attached hydrogens (primary N) is 1. The number of methoxy groups -OCH3 is 2. The van der Waals surface area contributed by atoms with Crippen molar-refractivity contribution < 1.29 is 14.3 Å². The fourth-order valence-electron chi connectivity index (χ4n) is 1.58. The lowest BCUT2D eigenvalue weighted by molar-refractivity contribution is 0.0959. The van der Waals surface area contributed by atoms with E-state index in [4.69, 9.17) is 15.2 Å². The molecular weight excluding hydrogens is 298 g/mol. The first-order valence-corrected chi connectivity index (χ1v) is 6.17. The topological polar surface area (TPSA) is 61.6 Å². The summed E-state index contributed by atoms with van der Waals surface area (Å²) in [6.07, 6.45) is 2.04. The fraction of sp³-hybridized carbons (Fsp3) is 0.308. The van der Waals surface area contributed by atoms with E-state index in [0.717, 1.165) is 0 Å². The van der Waals surface area contributed by atoms with Crippen molar-refractivity contribution >= 4 is 21.7 Å². The Hall–Kier alpha value is -1.33. The maximum absolute atomic E-state index is 12.2. The van der Waals surface area contributed by atoms with Crippen molar-refractivity contribution in [2.24, 2.45) is 5.73 Å². The summed E-state index contributed by atoms with van der Waals surface area (Å²) < 4.78 is 11.0. The molecule has 1 atom stereocenters. The van der Waals surface area contributed by atoms with Crippen molar-refractivity contribution in [3.05, 3.63) is 34.8 Å². The van der Waals surface area contributed by atoms with Crippen LogP contribution in [0.3, 0.4) is 0 Å². The zero-order valence-corrected chi connectivity index (χ0v) is 12.0. The highest BCUT2D eigenvalue weighted by Crippen LogP contribution is 2.37. The van der Waals surface area contributed by atoms with Gasteiger partial charge < -0.3 is 15.2 Å². The highest BCUT2D eigenvalue weighted by molar-refractivity contribution is 9.10. The number of benzene rings is 1. The van der Waals surface area contributed by atoms with Gasteiger partial charge in [-0.2, -0.15) is 0 Å². The molecule has 5 heteroatoms. The summed E-state index contributed by atoms with van der Waals surface area (Å²) in [6, 6.07) is 2.73. The molecule has 0 bridgehead atoms. The molecule has 1 unspecified atom stereocenters. The van der Waals surface area contributed by atoms with E-state index in [1.165, 1.54) is 7.11 Å². The third-order valence-corrected chi connectivity index (χ3v) is 3.26. The number of Topliss-reactive ketones (excluding diaryl/α,β-unsaturated/α-hetero) is 1. The summed E-state index contributed by atoms with van der Waals surface area (Å²) in [6.45, 7) is 3.57. The van der Waals surface area contributed by atoms with E-state index < -0.39 is 6.04 Å². The molecule has 0 heterocycles. The van der Waals surface area contributed by atoms with Crippen molar-refractivity contribution in [3.63, 3.8) is 0 Å². The van der Waals surface area contributed by atoms with Crippen LogP contribution in [-0.4, -0.2) is 26.0 Å². The van der Waals surface area contributed by atoms with Crippen LogP contribution in [0.1, 0.15) is 16.8 Å². The first kappa shape index (κ1) is 14.7. The molecule has 0 radical (unpaired) electrons. The van der Waals surface area contributed by atoms with E-state index in [9.17, 15) is 4.79 Å². The average molecular weight is 314 g/mol. The summed E-state index contributed by atoms with van der Waals surface area (Å²) in [7, 11) is 3.04. The van der Waals surface area contributed by atoms with E-state index in [0.29, 0.717) is 28.0 Å². The first-order valence-electron chi connectivity index (χ1n) is 5.38. The summed E-state index contributed by atoms with van der Waals surface area (Å²) in [4.78, 5) is 12.2. The number of rotatable bonds is 6. The second-order valence-corrected chi connectivity index (χ2v) is 4.45. The van der Waals surface area contributed by atoms with Gasteiger partial charge in [0.2, 0.25) is 0 Å². The van der Waals surface area contributed by atoms with Gasteiger partial charge in [0.15, 0.2) is 5.78 Å². The molecule has 0 fully saturated rings. The van der Waals surface area contributed by atoms with Gasteiger partial charge in [-0.1, -0.05) is 6.08 Å². The van der Waals surface area contributed by atoms with Crippen molar-refractivity contribution in [2.45, 2.75) is 12.5 Å². The standard InChI is InChI=1S/C13H16BrNO3/c1-4-5-9(15)12(16)8-6-7-10(17-2)11(14)13(8)18-3/h4,6-7,9H,1,5,15H2,2-3H3. The van der Waals surface area contributed by atoms with Crippen LogP contribution in [0, 0.1) is 0 Å². The molecule has 98 valence electrons. The van der Waals surface area contributed by atoms with Gasteiger partial charge in [-0.05, 0) is 34.5 Å². The minimum absolute atomic E-state index is 0.185. The molecule has 0 spiro atoms. The van der Waals surface area contributed by atoms with Gasteiger partial charge in [-0.25, -0.2) is 0 Å². The molecule has 0 aliphatic rings. The molecule has 0 saturated heterocycles. The van der Waals surface area contributed by atoms with E-state index in [-0.39, 0.29) is 5.78 Å². The van der Waals surface area contributed by atoms with Gasteiger partial charge in [-0.15, -0.1) is 6.58 Å². The molecule has 18 heavy (non-hydrogen) atoms. The number of hydrogen-bond acceptors (Lipinski definition) is 4. The zero-order chi connectivity index (χ0) is 13.7. The van der Waals surface area contributed by atoms with E-state index in [2.05, 4.69) is 22.5 Å². The van der Waals surface area contributed by atoms with Crippen molar-refractivity contribution in [2.75, 3.05) is 14.2 Å². The Kier molecular flexibility index (Phi) is 5.37. The summed E-state index contributed by atoms with van der Waals surface area (Å²) in [5.74, 6) is 0.842. The second-order valence-electron chi connectivity index (χ2n) is 3.66. The molecule has 0 aliphatic heterocycles. The van der Waals surface area contributed by atoms with E-state index in [1.54, 1.807) is 25.3 Å². The van der Waals surface area contributed by atoms with Crippen LogP contribution >= 0.6 is 15.9 Å². The van der Waals surface area contributed by atoms with Crippen LogP contribution in [0.2, 0.25) is 0 Å². The molecule has 1 aromatic rings. The number of carbonyl (C=O) groups is 1. The summed E-state index contributed by atoms with van der Waals surface area (Å²) in [5.41, 5.74) is 6.21. The lowest BCUT2D eigenvalue weighted by Crippen LogP contribution is -2.30. The number of halogens is 1. The Morgan fingerprint density at radius 1 is 1.50 bits per heavy atom. The van der Waals surface area contributed by atoms with Crippen molar-refractivity contribution in [1.29, 1.82) is 0 Å². The third kappa shape index (κ3) is 2.91. The lowest BCUT2D eigenvalue weighted by Gasteiger charge is -2.15. The minimum Gasteiger partial charge on any atom is -0.495 e. The van der Waals surface area contributed by atoms with E-state index in [1.807, 2.05) is 0 Å². The Balaban J connectivity index is 3.20. The maximum Gasteiger partial charge on any atom is 0.183 e. The number of hydrogen-bond donors (Lipinski definition) is 1. The van der Waals surface area contributed by atoms with Crippen LogP contribution in [0.25, 0.3) is 0 Å². The van der Waals surface area contributed by atoms with Crippen LogP contribution in [0.5, 0.6) is 11.5 Å². The van der Waals surface area contributed by atoms with Crippen LogP contribution in [0.15, 0.2) is 29.3 Å². The SMILES string of the molecule is C=CCC(N)C(=O)c1ccc(OC)c(Br)c1OC. The van der Waals surface area contributed by atoms with Crippen LogP contribution < -0.4 is 15.2 Å². The van der Waals surface area contributed by atoms with Crippen molar-refractivity contribution in [1.82, 2.24) is 0 Å². The molecule has 0 saturated carbocycles. The summed E-state index contributed by atoms with van der Waals surface area (Å²) in [5, 5.41) is 0. The molecule has 4 nitrogen and oxygen atoms in total. The minimum atomic E-state index is -0.614. The first-order chi connectivity index (χ1) is 8.56. The Labute approximate surface area is 115 Å². The number of carbonyl (C=O) groups excluding carboxylic acids is 1. The predicted molar refractivity (Wildman–Crippen MR) is 74.4 cm³/mol. The average Bonchev–Trinajstić information content (AvgIpc) is 2.37. The molecule has 1 aromatic carbocycles. The molecule has 2 N–H and O–H groups in total. The normalized spacial score (nSPS) is 11.8. The third-order valence-electron chi connectivity index (χ3n) is 2.51. The number of ether oxygens (including phenoxy) is 2. The largest absolute Gasteiger partial charge is 0.495 e. The van der Waals surface area contributed by atoms with Gasteiger partial charge >= 0.3 is 0 Å². The summed E-state index contributed by atoms with van der Waals surface area (Å²) >= 11 is 3.35. The van der Waals surface area contributed by atoms with Gasteiger partial charge in [0.1, 0.15) is 16.0 Å². The molecule has 0 aromatic heterocycles. The fourth-order valence-corrected chi connectivity index (χ4v) is 2.25. The lowest BCUT2D eigenvalue weighted by atomic mass is 10.0. The molecule has 1 rings (SSSR count). The smallest absolute Gasteiger partial charge is 0.183 e. The quantitative estimate of drug-likeness (QED) is 0.647. The van der Waals surface area contributed by atoms with E-state index >= 15 is 0 Å². The Morgan fingerprint density at radius 3 is 2.67 bits per heavy atom. The monoisotopic (exact) mass is 313 g/mol. The molecule has 0 aliphatic carbocycles. The van der Waals surface area contributed by atoms with Gasteiger partial charge in [0.25, 0.3) is 0 Å². The van der Waals surface area contributed by atoms with Crippen molar-refractivity contribution in [3.8, 4) is 11.5 Å². The Bertz CT molecular complexity index is 460. The zero-order valence-electron chi connectivity index (χ0n) is 10.4. The van der Waals surface area contributed by atoms with Crippen LogP contribution in [-0.2, 0) is 0 Å². The molecule has 0 amide bonds. The van der Waals surface area contributed by atoms with Gasteiger partial charge in [0, 0.05) is 0 Å². The highest BCUT2D eigenvalue weighted by atomic mass is 79.9. The van der Waals surface area contributed by atoms with Gasteiger partial charge in [0.05, 0.1) is 25.8 Å². The van der Waals surface area contributed by atoms with Crippen LogP contribution in [0.4, 0.5) is 0 Å². The molecular formula is C13H16BrNO3. The number of ketones is 1. The Morgan fingerprint density at radius 2 is 2.17 bits per heavy atom. The predicted octanol–water partition coefficient (Wildman–Crippen LogP) is 2.55. The highest BCUT2D eigenvalue weighted by Gasteiger charge is 2.22. The van der Waals surface area contributed by atoms with Gasteiger partial charge in [-0.3, -0.25) is 4.79 Å².